The van der Waals surface area contributed by atoms with Crippen LogP contribution in [0, 0.1) is 5.82 Å². The highest BCUT2D eigenvalue weighted by Crippen LogP contribution is 2.22. The summed E-state index contributed by atoms with van der Waals surface area (Å²) in [6.07, 6.45) is 3.19. The maximum absolute atomic E-state index is 14.7. The molecule has 0 fully saturated rings. The van der Waals surface area contributed by atoms with Gasteiger partial charge in [-0.05, 0) is 48.7 Å². The average molecular weight is 602 g/mol. The van der Waals surface area contributed by atoms with Crippen molar-refractivity contribution >= 4 is 39.1 Å². The summed E-state index contributed by atoms with van der Waals surface area (Å²) in [5.41, 5.74) is 1.59. The lowest BCUT2D eigenvalue weighted by molar-refractivity contribution is -0.141. The molecule has 0 saturated carbocycles. The average Bonchev–Trinajstić information content (AvgIpc) is 2.94. The van der Waals surface area contributed by atoms with E-state index in [4.69, 9.17) is 11.6 Å². The molecule has 0 aromatic heterocycles. The summed E-state index contributed by atoms with van der Waals surface area (Å²) in [6.45, 7) is 2.43. The molecular formula is C31H37ClFN3O4S. The minimum absolute atomic E-state index is 0.0401. The van der Waals surface area contributed by atoms with Gasteiger partial charge in [0.25, 0.3) is 0 Å². The molecule has 3 aromatic carbocycles. The molecule has 10 heteroatoms. The smallest absolute Gasteiger partial charge is 0.243 e. The van der Waals surface area contributed by atoms with Crippen LogP contribution in [-0.4, -0.2) is 50.5 Å². The Kier molecular flexibility index (Phi) is 12.2. The lowest BCUT2D eigenvalue weighted by Gasteiger charge is -2.32. The minimum Gasteiger partial charge on any atom is -0.354 e. The van der Waals surface area contributed by atoms with Crippen LogP contribution in [-0.2, 0) is 32.6 Å². The maximum Gasteiger partial charge on any atom is 0.243 e. The largest absolute Gasteiger partial charge is 0.354 e. The summed E-state index contributed by atoms with van der Waals surface area (Å²) < 4.78 is 41.0. The lowest BCUT2D eigenvalue weighted by atomic mass is 10.0. The fraction of sp³-hybridized carbons (Fsp3) is 0.355. The summed E-state index contributed by atoms with van der Waals surface area (Å²) in [4.78, 5) is 28.7. The summed E-state index contributed by atoms with van der Waals surface area (Å²) >= 11 is 5.96. The number of carbonyl (C=O) groups is 2. The van der Waals surface area contributed by atoms with E-state index in [0.29, 0.717) is 22.8 Å². The van der Waals surface area contributed by atoms with E-state index in [1.54, 1.807) is 42.5 Å². The highest BCUT2D eigenvalue weighted by Gasteiger charge is 2.31. The van der Waals surface area contributed by atoms with Gasteiger partial charge in [-0.1, -0.05) is 73.5 Å². The van der Waals surface area contributed by atoms with Gasteiger partial charge in [-0.25, -0.2) is 12.8 Å². The first-order valence-electron chi connectivity index (χ1n) is 13.7. The highest BCUT2D eigenvalue weighted by molar-refractivity contribution is 7.92. The Balaban J connectivity index is 1.87. The van der Waals surface area contributed by atoms with Crippen molar-refractivity contribution in [2.45, 2.75) is 51.6 Å². The van der Waals surface area contributed by atoms with E-state index in [1.165, 1.54) is 15.3 Å². The third kappa shape index (κ3) is 9.86. The number of sulfonamides is 1. The molecule has 3 aromatic rings. The molecule has 7 nitrogen and oxygen atoms in total. The fourth-order valence-electron chi connectivity index (χ4n) is 4.48. The molecule has 0 spiro atoms. The molecule has 220 valence electrons. The Bertz CT molecular complexity index is 1390. The summed E-state index contributed by atoms with van der Waals surface area (Å²) in [6, 6.07) is 21.1. The van der Waals surface area contributed by atoms with Crippen molar-refractivity contribution in [1.82, 2.24) is 10.2 Å². The molecule has 0 unspecified atom stereocenters. The van der Waals surface area contributed by atoms with Crippen LogP contribution in [0.1, 0.15) is 43.7 Å². The Morgan fingerprint density at radius 2 is 1.61 bits per heavy atom. The number of amides is 2. The number of nitrogens with one attached hydrogen (secondary N) is 1. The van der Waals surface area contributed by atoms with Gasteiger partial charge in [-0.2, -0.15) is 0 Å². The van der Waals surface area contributed by atoms with Crippen LogP contribution in [0.5, 0.6) is 0 Å². The van der Waals surface area contributed by atoms with Crippen molar-refractivity contribution in [2.75, 3.05) is 23.7 Å². The molecular weight excluding hydrogens is 565 g/mol. The van der Waals surface area contributed by atoms with E-state index in [0.717, 1.165) is 24.7 Å². The normalized spacial score (nSPS) is 12.0. The van der Waals surface area contributed by atoms with E-state index in [9.17, 15) is 22.4 Å². The van der Waals surface area contributed by atoms with Gasteiger partial charge in [0.2, 0.25) is 21.8 Å². The number of hydrogen-bond acceptors (Lipinski definition) is 4. The lowest BCUT2D eigenvalue weighted by Crippen LogP contribution is -2.50. The van der Waals surface area contributed by atoms with Crippen molar-refractivity contribution in [3.63, 3.8) is 0 Å². The predicted molar refractivity (Wildman–Crippen MR) is 162 cm³/mol. The van der Waals surface area contributed by atoms with E-state index >= 15 is 0 Å². The third-order valence-corrected chi connectivity index (χ3v) is 8.11. The second-order valence-corrected chi connectivity index (χ2v) is 12.2. The van der Waals surface area contributed by atoms with Crippen molar-refractivity contribution in [3.05, 3.63) is 101 Å². The van der Waals surface area contributed by atoms with Gasteiger partial charge in [-0.3, -0.25) is 13.9 Å². The number of carbonyl (C=O) groups excluding carboxylic acids is 2. The Labute approximate surface area is 247 Å². The molecule has 0 aliphatic rings. The second-order valence-electron chi connectivity index (χ2n) is 9.88. The molecule has 0 aliphatic heterocycles. The number of halogens is 2. The highest BCUT2D eigenvalue weighted by atomic mass is 35.5. The van der Waals surface area contributed by atoms with E-state index < -0.39 is 21.9 Å². The number of nitrogens with zero attached hydrogens (tertiary/aromatic N) is 2. The van der Waals surface area contributed by atoms with Gasteiger partial charge in [0, 0.05) is 43.1 Å². The van der Waals surface area contributed by atoms with Gasteiger partial charge in [0.05, 0.1) is 11.9 Å². The van der Waals surface area contributed by atoms with Crippen LogP contribution in [0.2, 0.25) is 5.02 Å². The van der Waals surface area contributed by atoms with Crippen molar-refractivity contribution in [3.8, 4) is 0 Å². The Morgan fingerprint density at radius 3 is 2.24 bits per heavy atom. The number of rotatable bonds is 15. The Hall–Kier alpha value is -3.43. The van der Waals surface area contributed by atoms with Crippen LogP contribution in [0.4, 0.5) is 10.1 Å². The zero-order valence-corrected chi connectivity index (χ0v) is 25.0. The molecule has 2 amide bonds. The van der Waals surface area contributed by atoms with Crippen LogP contribution >= 0.6 is 11.6 Å². The molecule has 41 heavy (non-hydrogen) atoms. The molecule has 0 aliphatic carbocycles. The second kappa shape index (κ2) is 15.5. The van der Waals surface area contributed by atoms with Crippen LogP contribution in [0.15, 0.2) is 78.9 Å². The number of hydrogen-bond donors (Lipinski definition) is 1. The molecule has 0 bridgehead atoms. The summed E-state index contributed by atoms with van der Waals surface area (Å²) in [5, 5.41) is 3.41. The zero-order chi connectivity index (χ0) is 29.8. The number of benzene rings is 3. The summed E-state index contributed by atoms with van der Waals surface area (Å²) in [5.74, 6) is -1.16. The molecule has 1 atom stereocenters. The predicted octanol–water partition coefficient (Wildman–Crippen LogP) is 5.58. The van der Waals surface area contributed by atoms with Gasteiger partial charge in [0.15, 0.2) is 0 Å². The molecule has 0 radical (unpaired) electrons. The van der Waals surface area contributed by atoms with Gasteiger partial charge >= 0.3 is 0 Å². The van der Waals surface area contributed by atoms with Crippen LogP contribution < -0.4 is 9.62 Å². The molecule has 0 heterocycles. The molecule has 1 N–H and O–H groups in total. The van der Waals surface area contributed by atoms with E-state index in [2.05, 4.69) is 5.32 Å². The minimum atomic E-state index is -3.63. The van der Waals surface area contributed by atoms with E-state index in [-0.39, 0.29) is 44.2 Å². The quantitative estimate of drug-likeness (QED) is 0.230. The number of anilines is 1. The number of unbranched alkanes of at least 4 members (excludes halogenated alkanes) is 1. The topological polar surface area (TPSA) is 86.8 Å². The van der Waals surface area contributed by atoms with Gasteiger partial charge in [0.1, 0.15) is 11.9 Å². The SMILES string of the molecule is CCCCNC(=O)[C@H](Cc1ccccc1)N(Cc1ccccc1F)C(=O)CCCN(c1ccc(Cl)cc1)S(C)(=O)=O. The van der Waals surface area contributed by atoms with Crippen molar-refractivity contribution < 1.29 is 22.4 Å². The van der Waals surface area contributed by atoms with Crippen LogP contribution in [0.3, 0.4) is 0 Å². The maximum atomic E-state index is 14.7. The zero-order valence-electron chi connectivity index (χ0n) is 23.4. The monoisotopic (exact) mass is 601 g/mol. The fourth-order valence-corrected chi connectivity index (χ4v) is 5.57. The van der Waals surface area contributed by atoms with E-state index in [1.807, 2.05) is 37.3 Å². The molecule has 0 saturated heterocycles. The van der Waals surface area contributed by atoms with Gasteiger partial charge in [-0.15, -0.1) is 0 Å². The summed E-state index contributed by atoms with van der Waals surface area (Å²) in [7, 11) is -3.63. The van der Waals surface area contributed by atoms with Crippen LogP contribution in [0.25, 0.3) is 0 Å². The first-order valence-corrected chi connectivity index (χ1v) is 15.9. The molecule has 3 rings (SSSR count). The standard InChI is InChI=1S/C31H37ClFN3O4S/c1-3-4-20-34-31(38)29(22-24-11-6-5-7-12-24)35(23-25-13-8-9-14-28(25)33)30(37)15-10-21-36(41(2,39)40)27-18-16-26(32)17-19-27/h5-9,11-14,16-19,29H,3-4,10,15,20-23H2,1-2H3,(H,34,38)/t29-/m0/s1. The Morgan fingerprint density at radius 1 is 0.951 bits per heavy atom. The van der Waals surface area contributed by atoms with Crippen molar-refractivity contribution in [2.24, 2.45) is 0 Å². The first kappa shape index (κ1) is 32.1. The van der Waals surface area contributed by atoms with Gasteiger partial charge < -0.3 is 10.2 Å². The van der Waals surface area contributed by atoms with Crippen molar-refractivity contribution in [1.29, 1.82) is 0 Å². The first-order chi connectivity index (χ1) is 19.6. The third-order valence-electron chi connectivity index (χ3n) is 6.67.